The average molecular weight is 451 g/mol. The van der Waals surface area contributed by atoms with E-state index >= 15 is 0 Å². The third kappa shape index (κ3) is 6.44. The summed E-state index contributed by atoms with van der Waals surface area (Å²) in [6.45, 7) is 8.07. The first-order chi connectivity index (χ1) is 15.4. The van der Waals surface area contributed by atoms with Gasteiger partial charge >= 0.3 is 0 Å². The lowest BCUT2D eigenvalue weighted by Gasteiger charge is -2.28. The zero-order valence-corrected chi connectivity index (χ0v) is 19.9. The molecule has 0 aromatic heterocycles. The van der Waals surface area contributed by atoms with Gasteiger partial charge in [0.1, 0.15) is 0 Å². The van der Waals surface area contributed by atoms with Crippen LogP contribution in [0.4, 0.5) is 5.69 Å². The van der Waals surface area contributed by atoms with Gasteiger partial charge in [0.2, 0.25) is 10.0 Å². The van der Waals surface area contributed by atoms with Crippen molar-refractivity contribution in [3.05, 3.63) is 84.9 Å². The normalized spacial score (nSPS) is 13.6. The van der Waals surface area contributed by atoms with Crippen LogP contribution < -0.4 is 10.0 Å². The first kappa shape index (κ1) is 24.0. The van der Waals surface area contributed by atoms with Gasteiger partial charge in [0.25, 0.3) is 0 Å². The lowest BCUT2D eigenvalue weighted by atomic mass is 10.0. The fourth-order valence-corrected chi connectivity index (χ4v) is 5.13. The zero-order chi connectivity index (χ0) is 23.0. The van der Waals surface area contributed by atoms with Crippen LogP contribution in [-0.2, 0) is 10.0 Å². The third-order valence-corrected chi connectivity index (χ3v) is 7.26. The predicted octanol–water partition coefficient (Wildman–Crippen LogP) is 6.43. The van der Waals surface area contributed by atoms with Crippen LogP contribution in [0.5, 0.6) is 0 Å². The number of nitrogens with one attached hydrogen (secondary N) is 2. The Hall–Kier alpha value is -2.63. The van der Waals surface area contributed by atoms with Crippen molar-refractivity contribution >= 4 is 26.5 Å². The molecular formula is C27H34N2O2S. The molecule has 0 saturated carbocycles. The molecule has 0 aliphatic heterocycles. The number of unbranched alkanes of at least 4 members (excludes halogenated alkanes) is 3. The molecule has 0 fully saturated rings. The van der Waals surface area contributed by atoms with E-state index < -0.39 is 16.1 Å². The van der Waals surface area contributed by atoms with Crippen LogP contribution in [0.3, 0.4) is 0 Å². The maximum absolute atomic E-state index is 13.0. The first-order valence-corrected chi connectivity index (χ1v) is 12.9. The van der Waals surface area contributed by atoms with E-state index in [1.54, 1.807) is 18.2 Å². The van der Waals surface area contributed by atoms with Gasteiger partial charge < -0.3 is 5.32 Å². The number of anilines is 1. The second kappa shape index (κ2) is 11.3. The number of benzene rings is 3. The maximum Gasteiger partial charge on any atom is 0.241 e. The van der Waals surface area contributed by atoms with Gasteiger partial charge in [-0.2, -0.15) is 0 Å². The Balaban J connectivity index is 1.82. The maximum atomic E-state index is 13.0. The highest BCUT2D eigenvalue weighted by atomic mass is 32.2. The molecule has 0 aliphatic carbocycles. The van der Waals surface area contributed by atoms with Crippen LogP contribution >= 0.6 is 0 Å². The highest BCUT2D eigenvalue weighted by molar-refractivity contribution is 7.89. The molecule has 170 valence electrons. The Kier molecular flexibility index (Phi) is 8.48. The van der Waals surface area contributed by atoms with E-state index in [2.05, 4.69) is 53.9 Å². The van der Waals surface area contributed by atoms with Crippen molar-refractivity contribution in [1.82, 2.24) is 4.72 Å². The second-order valence-electron chi connectivity index (χ2n) is 8.36. The van der Waals surface area contributed by atoms with Crippen molar-refractivity contribution in [3.63, 3.8) is 0 Å². The third-order valence-electron chi connectivity index (χ3n) is 5.78. The first-order valence-electron chi connectivity index (χ1n) is 11.4. The Labute approximate surface area is 192 Å². The van der Waals surface area contributed by atoms with E-state index in [0.29, 0.717) is 0 Å². The summed E-state index contributed by atoms with van der Waals surface area (Å²) in [7, 11) is -3.66. The van der Waals surface area contributed by atoms with Crippen LogP contribution in [0.15, 0.2) is 84.3 Å². The van der Waals surface area contributed by atoms with Crippen molar-refractivity contribution in [2.24, 2.45) is 0 Å². The van der Waals surface area contributed by atoms with Crippen molar-refractivity contribution in [2.45, 2.75) is 62.9 Å². The van der Waals surface area contributed by atoms with Gasteiger partial charge in [0.15, 0.2) is 0 Å². The molecule has 3 aromatic carbocycles. The molecule has 4 nitrogen and oxygen atoms in total. The topological polar surface area (TPSA) is 58.2 Å². The number of fused-ring (bicyclic) bond motifs is 1. The fourth-order valence-electron chi connectivity index (χ4n) is 3.88. The number of hydrogen-bond acceptors (Lipinski definition) is 3. The SMILES string of the molecule is C=C[C@@H](NS(=O)(=O)c1ccc(C)cc1)[C@@H](CCCCCC)Nc1ccc2ccccc2c1. The number of rotatable bonds is 12. The van der Waals surface area contributed by atoms with E-state index in [9.17, 15) is 8.42 Å². The van der Waals surface area contributed by atoms with Crippen LogP contribution in [0, 0.1) is 6.92 Å². The van der Waals surface area contributed by atoms with Crippen LogP contribution in [0.2, 0.25) is 0 Å². The molecule has 0 unspecified atom stereocenters. The summed E-state index contributed by atoms with van der Waals surface area (Å²) < 4.78 is 28.9. The van der Waals surface area contributed by atoms with Crippen molar-refractivity contribution < 1.29 is 8.42 Å². The monoisotopic (exact) mass is 450 g/mol. The molecule has 0 spiro atoms. The van der Waals surface area contributed by atoms with Gasteiger partial charge in [-0.1, -0.05) is 86.7 Å². The lowest BCUT2D eigenvalue weighted by Crippen LogP contribution is -2.45. The molecule has 0 bridgehead atoms. The van der Waals surface area contributed by atoms with Crippen molar-refractivity contribution in [3.8, 4) is 0 Å². The van der Waals surface area contributed by atoms with Gasteiger partial charge in [-0.15, -0.1) is 6.58 Å². The molecule has 0 amide bonds. The largest absolute Gasteiger partial charge is 0.380 e. The summed E-state index contributed by atoms with van der Waals surface area (Å²) in [5.74, 6) is 0. The van der Waals surface area contributed by atoms with Crippen LogP contribution in [-0.4, -0.2) is 20.5 Å². The second-order valence-corrected chi connectivity index (χ2v) is 10.1. The van der Waals surface area contributed by atoms with Crippen LogP contribution in [0.1, 0.15) is 44.6 Å². The zero-order valence-electron chi connectivity index (χ0n) is 19.1. The summed E-state index contributed by atoms with van der Waals surface area (Å²) in [6.07, 6.45) is 7.03. The number of hydrogen-bond donors (Lipinski definition) is 2. The predicted molar refractivity (Wildman–Crippen MR) is 136 cm³/mol. The minimum atomic E-state index is -3.66. The summed E-state index contributed by atoms with van der Waals surface area (Å²) in [6, 6.07) is 20.8. The fraction of sp³-hybridized carbons (Fsp3) is 0.333. The molecule has 3 rings (SSSR count). The van der Waals surface area contributed by atoms with E-state index in [-0.39, 0.29) is 10.9 Å². The Morgan fingerprint density at radius 3 is 2.34 bits per heavy atom. The Morgan fingerprint density at radius 2 is 1.66 bits per heavy atom. The molecule has 0 radical (unpaired) electrons. The summed E-state index contributed by atoms with van der Waals surface area (Å²) in [5.41, 5.74) is 2.00. The van der Waals surface area contributed by atoms with Crippen LogP contribution in [0.25, 0.3) is 10.8 Å². The number of sulfonamides is 1. The summed E-state index contributed by atoms with van der Waals surface area (Å²) in [4.78, 5) is 0.269. The molecular weight excluding hydrogens is 416 g/mol. The standard InChI is InChI=1S/C27H34N2O2S/c1-4-6-7-8-13-27(28-24-17-16-22-11-9-10-12-23(22)20-24)26(5-2)29-32(30,31)25-18-14-21(3)15-19-25/h5,9-12,14-20,26-29H,2,4,6-8,13H2,1,3H3/t26-,27-/m1/s1. The van der Waals surface area contributed by atoms with Gasteiger partial charge in [0.05, 0.1) is 10.9 Å². The Morgan fingerprint density at radius 1 is 0.938 bits per heavy atom. The quantitative estimate of drug-likeness (QED) is 0.247. The molecule has 2 atom stereocenters. The van der Waals surface area contributed by atoms with E-state index in [1.807, 2.05) is 31.2 Å². The summed E-state index contributed by atoms with van der Waals surface area (Å²) in [5, 5.41) is 5.91. The molecule has 32 heavy (non-hydrogen) atoms. The molecule has 5 heteroatoms. The van der Waals surface area contributed by atoms with E-state index in [0.717, 1.165) is 42.3 Å². The van der Waals surface area contributed by atoms with Gasteiger partial charge in [0, 0.05) is 11.7 Å². The summed E-state index contributed by atoms with van der Waals surface area (Å²) >= 11 is 0. The van der Waals surface area contributed by atoms with Gasteiger partial charge in [-0.05, 0) is 48.4 Å². The van der Waals surface area contributed by atoms with Crippen molar-refractivity contribution in [1.29, 1.82) is 0 Å². The van der Waals surface area contributed by atoms with Crippen molar-refractivity contribution in [2.75, 3.05) is 5.32 Å². The lowest BCUT2D eigenvalue weighted by molar-refractivity contribution is 0.504. The van der Waals surface area contributed by atoms with E-state index in [1.165, 1.54) is 11.8 Å². The Bertz CT molecular complexity index is 1120. The minimum Gasteiger partial charge on any atom is -0.380 e. The smallest absolute Gasteiger partial charge is 0.241 e. The molecule has 0 heterocycles. The highest BCUT2D eigenvalue weighted by Crippen LogP contribution is 2.22. The van der Waals surface area contributed by atoms with Gasteiger partial charge in [-0.3, -0.25) is 0 Å². The minimum absolute atomic E-state index is 0.106. The van der Waals surface area contributed by atoms with Gasteiger partial charge in [-0.25, -0.2) is 13.1 Å². The molecule has 0 saturated heterocycles. The average Bonchev–Trinajstić information content (AvgIpc) is 2.80. The molecule has 3 aromatic rings. The molecule has 2 N–H and O–H groups in total. The highest BCUT2D eigenvalue weighted by Gasteiger charge is 2.25. The molecule has 0 aliphatic rings. The van der Waals surface area contributed by atoms with E-state index in [4.69, 9.17) is 0 Å². The number of aryl methyl sites for hydroxylation is 1.